The van der Waals surface area contributed by atoms with Gasteiger partial charge in [-0.15, -0.1) is 11.3 Å². The molecule has 8 nitrogen and oxygen atoms in total. The van der Waals surface area contributed by atoms with Crippen molar-refractivity contribution in [2.45, 2.75) is 19.9 Å². The van der Waals surface area contributed by atoms with Crippen LogP contribution in [-0.4, -0.2) is 42.6 Å². The Labute approximate surface area is 170 Å². The number of carbonyl (C=O) groups is 3. The molecule has 10 heteroatoms. The molecular formula is C19H20FN3O5S. The highest BCUT2D eigenvalue weighted by molar-refractivity contribution is 7.17. The highest BCUT2D eigenvalue weighted by atomic mass is 32.1. The van der Waals surface area contributed by atoms with Crippen molar-refractivity contribution in [1.29, 1.82) is 0 Å². The molecule has 1 aromatic heterocycles. The summed E-state index contributed by atoms with van der Waals surface area (Å²) >= 11 is 1.17. The molecule has 0 atom stereocenters. The smallest absolute Gasteiger partial charge is 0.410 e. The molecule has 3 rings (SSSR count). The number of nitrogens with one attached hydrogen (secondary N) is 1. The number of nitrogens with two attached hydrogens (primary N) is 1. The van der Waals surface area contributed by atoms with Crippen LogP contribution >= 0.6 is 11.3 Å². The van der Waals surface area contributed by atoms with Gasteiger partial charge >= 0.3 is 6.09 Å². The molecule has 0 aliphatic carbocycles. The maximum atomic E-state index is 13.6. The minimum atomic E-state index is -0.669. The van der Waals surface area contributed by atoms with E-state index >= 15 is 0 Å². The summed E-state index contributed by atoms with van der Waals surface area (Å²) in [4.78, 5) is 38.5. The molecule has 0 fully saturated rings. The van der Waals surface area contributed by atoms with Crippen LogP contribution < -0.4 is 15.8 Å². The van der Waals surface area contributed by atoms with Gasteiger partial charge in [-0.2, -0.15) is 0 Å². The molecule has 2 heterocycles. The van der Waals surface area contributed by atoms with Crippen molar-refractivity contribution in [2.75, 3.05) is 25.1 Å². The summed E-state index contributed by atoms with van der Waals surface area (Å²) in [7, 11) is 0. The number of hydrogen-bond acceptors (Lipinski definition) is 6. The SMILES string of the molecule is CCOC(=O)N1CCc2c(sc(NC(=O)COc3ccccc3F)c2C(N)=O)C1. The number of halogens is 1. The van der Waals surface area contributed by atoms with Gasteiger partial charge < -0.3 is 25.4 Å². The van der Waals surface area contributed by atoms with Crippen molar-refractivity contribution in [3.63, 3.8) is 0 Å². The van der Waals surface area contributed by atoms with E-state index < -0.39 is 30.3 Å². The number of thiophene rings is 1. The van der Waals surface area contributed by atoms with Crippen LogP contribution in [0.5, 0.6) is 5.75 Å². The van der Waals surface area contributed by atoms with Gasteiger partial charge in [-0.05, 0) is 31.0 Å². The maximum absolute atomic E-state index is 13.6. The van der Waals surface area contributed by atoms with Gasteiger partial charge in [-0.1, -0.05) is 12.1 Å². The van der Waals surface area contributed by atoms with Crippen LogP contribution in [0.4, 0.5) is 14.2 Å². The molecule has 2 aromatic rings. The summed E-state index contributed by atoms with van der Waals surface area (Å²) in [5, 5.41) is 2.89. The predicted octanol–water partition coefficient (Wildman–Crippen LogP) is 2.52. The van der Waals surface area contributed by atoms with Crippen molar-refractivity contribution < 1.29 is 28.2 Å². The first-order chi connectivity index (χ1) is 13.9. The Kier molecular flexibility index (Phi) is 6.32. The molecule has 0 saturated carbocycles. The fourth-order valence-corrected chi connectivity index (χ4v) is 4.28. The number of amides is 3. The number of anilines is 1. The Morgan fingerprint density at radius 1 is 1.31 bits per heavy atom. The lowest BCUT2D eigenvalue weighted by molar-refractivity contribution is -0.118. The molecule has 0 saturated heterocycles. The zero-order valence-corrected chi connectivity index (χ0v) is 16.5. The van der Waals surface area contributed by atoms with Crippen molar-refractivity contribution in [3.05, 3.63) is 46.1 Å². The molecular weight excluding hydrogens is 401 g/mol. The standard InChI is InChI=1S/C19H20FN3O5S/c1-2-27-19(26)23-8-7-11-14(9-23)29-18(16(11)17(21)25)22-15(24)10-28-13-6-4-3-5-12(13)20/h3-6H,2,7-10H2,1H3,(H2,21,25)(H,22,24). The molecule has 3 N–H and O–H groups in total. The number of hydrogen-bond donors (Lipinski definition) is 2. The Morgan fingerprint density at radius 3 is 2.76 bits per heavy atom. The second-order valence-corrected chi connectivity index (χ2v) is 7.32. The van der Waals surface area contributed by atoms with Gasteiger partial charge in [-0.25, -0.2) is 9.18 Å². The highest BCUT2D eigenvalue weighted by Gasteiger charge is 2.30. The van der Waals surface area contributed by atoms with Crippen molar-refractivity contribution in [1.82, 2.24) is 4.90 Å². The molecule has 29 heavy (non-hydrogen) atoms. The van der Waals surface area contributed by atoms with Crippen molar-refractivity contribution in [3.8, 4) is 5.75 Å². The zero-order valence-electron chi connectivity index (χ0n) is 15.7. The Hall–Kier alpha value is -3.14. The lowest BCUT2D eigenvalue weighted by Crippen LogP contribution is -2.36. The molecule has 1 aromatic carbocycles. The van der Waals surface area contributed by atoms with E-state index in [1.54, 1.807) is 13.0 Å². The number of para-hydroxylation sites is 1. The fraction of sp³-hybridized carbons (Fsp3) is 0.316. The van der Waals surface area contributed by atoms with Gasteiger partial charge in [0.2, 0.25) is 0 Å². The van der Waals surface area contributed by atoms with Crippen LogP contribution in [0.2, 0.25) is 0 Å². The quantitative estimate of drug-likeness (QED) is 0.745. The van der Waals surface area contributed by atoms with Crippen LogP contribution in [0.25, 0.3) is 0 Å². The molecule has 1 aliphatic heterocycles. The first kappa shape index (κ1) is 20.6. The first-order valence-corrected chi connectivity index (χ1v) is 9.75. The van der Waals surface area contributed by atoms with Crippen molar-refractivity contribution >= 4 is 34.2 Å². The van der Waals surface area contributed by atoms with Gasteiger partial charge in [0, 0.05) is 11.4 Å². The summed E-state index contributed by atoms with van der Waals surface area (Å²) in [6.45, 7) is 2.20. The number of primary amides is 1. The summed E-state index contributed by atoms with van der Waals surface area (Å²) < 4.78 is 23.8. The van der Waals surface area contributed by atoms with E-state index in [2.05, 4.69) is 5.32 Å². The third kappa shape index (κ3) is 4.65. The summed E-state index contributed by atoms with van der Waals surface area (Å²) in [6.07, 6.45) is -0.0131. The summed E-state index contributed by atoms with van der Waals surface area (Å²) in [6, 6.07) is 5.73. The summed E-state index contributed by atoms with van der Waals surface area (Å²) in [5.41, 5.74) is 6.46. The van der Waals surface area contributed by atoms with Crippen molar-refractivity contribution in [2.24, 2.45) is 5.73 Å². The van der Waals surface area contributed by atoms with Gasteiger partial charge in [0.1, 0.15) is 5.00 Å². The van der Waals surface area contributed by atoms with Gasteiger partial charge in [0.15, 0.2) is 18.2 Å². The van der Waals surface area contributed by atoms with E-state index in [1.165, 1.54) is 34.4 Å². The second-order valence-electron chi connectivity index (χ2n) is 6.21. The molecule has 3 amide bonds. The van der Waals surface area contributed by atoms with E-state index in [0.29, 0.717) is 18.5 Å². The lowest BCUT2D eigenvalue weighted by Gasteiger charge is -2.26. The average Bonchev–Trinajstić information content (AvgIpc) is 3.04. The van der Waals surface area contributed by atoms with Crippen LogP contribution in [0, 0.1) is 5.82 Å². The van der Waals surface area contributed by atoms with Crippen LogP contribution in [0.3, 0.4) is 0 Å². The summed E-state index contributed by atoms with van der Waals surface area (Å²) in [5.74, 6) is -1.86. The monoisotopic (exact) mass is 421 g/mol. The molecule has 0 spiro atoms. The zero-order chi connectivity index (χ0) is 21.0. The number of ether oxygens (including phenoxy) is 2. The second kappa shape index (κ2) is 8.91. The normalized spacial score (nSPS) is 12.8. The largest absolute Gasteiger partial charge is 0.481 e. The topological polar surface area (TPSA) is 111 Å². The van der Waals surface area contributed by atoms with Gasteiger partial charge in [0.05, 0.1) is 18.7 Å². The average molecular weight is 421 g/mol. The molecule has 0 radical (unpaired) electrons. The van der Waals surface area contributed by atoms with E-state index in [-0.39, 0.29) is 29.5 Å². The number of rotatable bonds is 6. The number of carbonyl (C=O) groups excluding carboxylic acids is 3. The number of nitrogens with zero attached hydrogens (tertiary/aromatic N) is 1. The maximum Gasteiger partial charge on any atom is 0.410 e. The predicted molar refractivity (Wildman–Crippen MR) is 104 cm³/mol. The molecule has 0 unspecified atom stereocenters. The third-order valence-electron chi connectivity index (χ3n) is 4.28. The first-order valence-electron chi connectivity index (χ1n) is 8.94. The van der Waals surface area contributed by atoms with Gasteiger partial charge in [0.25, 0.3) is 11.8 Å². The van der Waals surface area contributed by atoms with E-state index in [4.69, 9.17) is 15.2 Å². The fourth-order valence-electron chi connectivity index (χ4n) is 2.99. The minimum Gasteiger partial charge on any atom is -0.481 e. The van der Waals surface area contributed by atoms with E-state index in [1.807, 2.05) is 0 Å². The minimum absolute atomic E-state index is 0.0478. The Bertz CT molecular complexity index is 946. The third-order valence-corrected chi connectivity index (χ3v) is 5.41. The molecule has 154 valence electrons. The molecule has 0 bridgehead atoms. The van der Waals surface area contributed by atoms with Crippen LogP contribution in [0.15, 0.2) is 24.3 Å². The number of fused-ring (bicyclic) bond motifs is 1. The molecule has 1 aliphatic rings. The highest BCUT2D eigenvalue weighted by Crippen LogP contribution is 2.37. The van der Waals surface area contributed by atoms with Gasteiger partial charge in [-0.3, -0.25) is 9.59 Å². The van der Waals surface area contributed by atoms with Crippen LogP contribution in [0.1, 0.15) is 27.7 Å². The lowest BCUT2D eigenvalue weighted by atomic mass is 10.0. The van der Waals surface area contributed by atoms with E-state index in [9.17, 15) is 18.8 Å². The van der Waals surface area contributed by atoms with E-state index in [0.717, 1.165) is 4.88 Å². The Morgan fingerprint density at radius 2 is 2.07 bits per heavy atom. The Balaban J connectivity index is 1.72. The number of benzene rings is 1. The van der Waals surface area contributed by atoms with Crippen LogP contribution in [-0.2, 0) is 22.5 Å².